The molecule has 1 heteroatoms. The van der Waals surface area contributed by atoms with Crippen molar-refractivity contribution in [3.63, 3.8) is 0 Å². The minimum atomic E-state index is 0.623. The maximum absolute atomic E-state index is 3.83. The van der Waals surface area contributed by atoms with Gasteiger partial charge >= 0.3 is 0 Å². The van der Waals surface area contributed by atoms with Crippen LogP contribution >= 0.6 is 0 Å². The van der Waals surface area contributed by atoms with Crippen LogP contribution < -0.4 is 5.32 Å². The normalized spacial score (nSPS) is 15.7. The fraction of sp³-hybridized carbons (Fsp3) is 0.273. The molecule has 1 nitrogen and oxygen atoms in total. The van der Waals surface area contributed by atoms with Gasteiger partial charge in [0.1, 0.15) is 0 Å². The Morgan fingerprint density at radius 3 is 2.26 bits per heavy atom. The number of rotatable bonds is 3. The highest BCUT2D eigenvalue weighted by atomic mass is 14.9. The van der Waals surface area contributed by atoms with Crippen molar-refractivity contribution in [2.45, 2.75) is 38.1 Å². The number of fused-ring (bicyclic) bond motifs is 1. The lowest BCUT2D eigenvalue weighted by molar-refractivity contribution is 0.463. The number of hydrogen-bond acceptors (Lipinski definition) is 1. The van der Waals surface area contributed by atoms with Gasteiger partial charge in [0.2, 0.25) is 0 Å². The van der Waals surface area contributed by atoms with E-state index in [1.807, 2.05) is 0 Å². The molecule has 0 aromatic heterocycles. The average Bonchev–Trinajstić information content (AvgIpc) is 2.63. The van der Waals surface area contributed by atoms with E-state index in [1.165, 1.54) is 59.7 Å². The van der Waals surface area contributed by atoms with Crippen LogP contribution in [0.15, 0.2) is 66.7 Å². The molecule has 0 unspecified atom stereocenters. The van der Waals surface area contributed by atoms with Crippen molar-refractivity contribution < 1.29 is 0 Å². The molecule has 1 aliphatic rings. The lowest BCUT2D eigenvalue weighted by Crippen LogP contribution is -2.22. The molecule has 0 aliphatic heterocycles. The van der Waals surface area contributed by atoms with E-state index in [0.29, 0.717) is 6.04 Å². The van der Waals surface area contributed by atoms with Gasteiger partial charge in [0, 0.05) is 17.1 Å². The highest BCUT2D eigenvalue weighted by molar-refractivity contribution is 5.97. The third-order valence-corrected chi connectivity index (χ3v) is 4.93. The molecule has 0 heterocycles. The summed E-state index contributed by atoms with van der Waals surface area (Å²) in [7, 11) is 0. The maximum Gasteiger partial charge on any atom is 0.0428 e. The summed E-state index contributed by atoms with van der Waals surface area (Å²) in [6.07, 6.45) is 6.69. The van der Waals surface area contributed by atoms with Crippen LogP contribution in [-0.4, -0.2) is 6.04 Å². The van der Waals surface area contributed by atoms with Crippen LogP contribution in [0, 0.1) is 0 Å². The standard InChI is InChI=1S/C22H23N/c1-3-9-17(10-4-1)19-15-18-11-7-8-14-21(18)22(16-19)23-20-12-5-2-6-13-20/h1,3-4,7-11,14-16,20,23H,2,5-6,12-13H2. The molecule has 3 aromatic rings. The Kier molecular flexibility index (Phi) is 4.02. The summed E-state index contributed by atoms with van der Waals surface area (Å²) in [5.74, 6) is 0. The zero-order valence-electron chi connectivity index (χ0n) is 13.5. The third kappa shape index (κ3) is 3.10. The van der Waals surface area contributed by atoms with Crippen LogP contribution in [0.5, 0.6) is 0 Å². The van der Waals surface area contributed by atoms with Gasteiger partial charge in [-0.2, -0.15) is 0 Å². The summed E-state index contributed by atoms with van der Waals surface area (Å²) < 4.78 is 0. The second-order valence-corrected chi connectivity index (χ2v) is 6.59. The highest BCUT2D eigenvalue weighted by Gasteiger charge is 2.14. The van der Waals surface area contributed by atoms with E-state index in [-0.39, 0.29) is 0 Å². The molecule has 1 saturated carbocycles. The molecule has 0 atom stereocenters. The largest absolute Gasteiger partial charge is 0.382 e. The summed E-state index contributed by atoms with van der Waals surface area (Å²) in [6, 6.07) is 24.6. The predicted octanol–water partition coefficient (Wildman–Crippen LogP) is 6.25. The van der Waals surface area contributed by atoms with Gasteiger partial charge in [-0.3, -0.25) is 0 Å². The maximum atomic E-state index is 3.83. The molecule has 0 saturated heterocycles. The second-order valence-electron chi connectivity index (χ2n) is 6.59. The minimum Gasteiger partial charge on any atom is -0.382 e. The minimum absolute atomic E-state index is 0.623. The van der Waals surface area contributed by atoms with Crippen molar-refractivity contribution >= 4 is 16.5 Å². The van der Waals surface area contributed by atoms with Crippen LogP contribution in [0.3, 0.4) is 0 Å². The van der Waals surface area contributed by atoms with Crippen LogP contribution in [0.25, 0.3) is 21.9 Å². The summed E-state index contributed by atoms with van der Waals surface area (Å²) in [4.78, 5) is 0. The van der Waals surface area contributed by atoms with Crippen LogP contribution in [0.2, 0.25) is 0 Å². The molecule has 4 rings (SSSR count). The van der Waals surface area contributed by atoms with Gasteiger partial charge in [0.25, 0.3) is 0 Å². The Balaban J connectivity index is 1.77. The fourth-order valence-corrected chi connectivity index (χ4v) is 3.69. The number of nitrogens with one attached hydrogen (secondary N) is 1. The summed E-state index contributed by atoms with van der Waals surface area (Å²) in [6.45, 7) is 0. The van der Waals surface area contributed by atoms with Crippen molar-refractivity contribution in [2.75, 3.05) is 5.32 Å². The third-order valence-electron chi connectivity index (χ3n) is 4.93. The Labute approximate surface area is 138 Å². The molecule has 23 heavy (non-hydrogen) atoms. The molecule has 3 aromatic carbocycles. The Bertz CT molecular complexity index is 785. The second kappa shape index (κ2) is 6.45. The molecule has 1 aliphatic carbocycles. The molecule has 0 bridgehead atoms. The quantitative estimate of drug-likeness (QED) is 0.602. The predicted molar refractivity (Wildman–Crippen MR) is 99.9 cm³/mol. The number of benzene rings is 3. The average molecular weight is 301 g/mol. The molecular weight excluding hydrogens is 278 g/mol. The first-order chi connectivity index (χ1) is 11.4. The van der Waals surface area contributed by atoms with Gasteiger partial charge in [-0.25, -0.2) is 0 Å². The first-order valence-corrected chi connectivity index (χ1v) is 8.75. The van der Waals surface area contributed by atoms with Gasteiger partial charge in [0.15, 0.2) is 0 Å². The van der Waals surface area contributed by atoms with Crippen molar-refractivity contribution in [1.82, 2.24) is 0 Å². The smallest absolute Gasteiger partial charge is 0.0428 e. The van der Waals surface area contributed by atoms with Crippen molar-refractivity contribution in [2.24, 2.45) is 0 Å². The molecule has 1 N–H and O–H groups in total. The Morgan fingerprint density at radius 2 is 1.43 bits per heavy atom. The fourth-order valence-electron chi connectivity index (χ4n) is 3.69. The van der Waals surface area contributed by atoms with Gasteiger partial charge in [0.05, 0.1) is 0 Å². The number of hydrogen-bond donors (Lipinski definition) is 1. The first kappa shape index (κ1) is 14.3. The summed E-state index contributed by atoms with van der Waals surface area (Å²) in [5, 5.41) is 6.48. The summed E-state index contributed by atoms with van der Waals surface area (Å²) >= 11 is 0. The molecular formula is C22H23N. The van der Waals surface area contributed by atoms with E-state index in [0.717, 1.165) is 0 Å². The number of anilines is 1. The van der Waals surface area contributed by atoms with Gasteiger partial charge in [-0.1, -0.05) is 73.9 Å². The van der Waals surface area contributed by atoms with Gasteiger partial charge in [-0.15, -0.1) is 0 Å². The lowest BCUT2D eigenvalue weighted by atomic mass is 9.94. The van der Waals surface area contributed by atoms with Crippen LogP contribution in [0.1, 0.15) is 32.1 Å². The van der Waals surface area contributed by atoms with Crippen molar-refractivity contribution in [3.8, 4) is 11.1 Å². The van der Waals surface area contributed by atoms with E-state index >= 15 is 0 Å². The SMILES string of the molecule is c1ccc(-c2cc(NC3CCCCC3)c3ccccc3c2)cc1. The van der Waals surface area contributed by atoms with Gasteiger partial charge in [-0.05, 0) is 41.5 Å². The first-order valence-electron chi connectivity index (χ1n) is 8.75. The molecule has 116 valence electrons. The van der Waals surface area contributed by atoms with E-state index in [1.54, 1.807) is 0 Å². The van der Waals surface area contributed by atoms with Crippen molar-refractivity contribution in [3.05, 3.63) is 66.7 Å². The molecule has 0 amide bonds. The molecule has 1 fully saturated rings. The lowest BCUT2D eigenvalue weighted by Gasteiger charge is -2.25. The molecule has 0 spiro atoms. The van der Waals surface area contributed by atoms with Crippen LogP contribution in [-0.2, 0) is 0 Å². The van der Waals surface area contributed by atoms with Gasteiger partial charge < -0.3 is 5.32 Å². The summed E-state index contributed by atoms with van der Waals surface area (Å²) in [5.41, 5.74) is 3.86. The Hall–Kier alpha value is -2.28. The Morgan fingerprint density at radius 1 is 0.696 bits per heavy atom. The van der Waals surface area contributed by atoms with E-state index in [4.69, 9.17) is 0 Å². The topological polar surface area (TPSA) is 12.0 Å². The highest BCUT2D eigenvalue weighted by Crippen LogP contribution is 2.32. The zero-order valence-corrected chi connectivity index (χ0v) is 13.5. The monoisotopic (exact) mass is 301 g/mol. The zero-order chi connectivity index (χ0) is 15.5. The van der Waals surface area contributed by atoms with Crippen LogP contribution in [0.4, 0.5) is 5.69 Å². The van der Waals surface area contributed by atoms with E-state index < -0.39 is 0 Å². The van der Waals surface area contributed by atoms with E-state index in [9.17, 15) is 0 Å². The molecule has 0 radical (unpaired) electrons. The van der Waals surface area contributed by atoms with E-state index in [2.05, 4.69) is 72.0 Å². The van der Waals surface area contributed by atoms with Crippen molar-refractivity contribution in [1.29, 1.82) is 0 Å².